The van der Waals surface area contributed by atoms with Gasteiger partial charge in [-0.15, -0.1) is 0 Å². The summed E-state index contributed by atoms with van der Waals surface area (Å²) in [6.45, 7) is 2.64. The summed E-state index contributed by atoms with van der Waals surface area (Å²) in [5.74, 6) is 0.837. The van der Waals surface area contributed by atoms with Gasteiger partial charge in [-0.2, -0.15) is 10.1 Å². The Bertz CT molecular complexity index is 1130. The summed E-state index contributed by atoms with van der Waals surface area (Å²) in [7, 11) is 0. The molecule has 4 aromatic rings. The third-order valence-corrected chi connectivity index (χ3v) is 5.54. The third-order valence-electron chi connectivity index (χ3n) is 5.54. The van der Waals surface area contributed by atoms with Crippen LogP contribution in [-0.2, 0) is 12.2 Å². The zero-order valence-electron chi connectivity index (χ0n) is 16.1. The molecule has 6 heteroatoms. The molecule has 2 aromatic carbocycles. The van der Waals surface area contributed by atoms with Gasteiger partial charge in [0, 0.05) is 11.3 Å². The molecule has 0 N–H and O–H groups in total. The number of hydrogen-bond acceptors (Lipinski definition) is 4. The third kappa shape index (κ3) is 3.35. The average molecular weight is 387 g/mol. The largest absolute Gasteiger partial charge is 0.332 e. The van der Waals surface area contributed by atoms with Crippen molar-refractivity contribution < 1.29 is 8.91 Å². The number of alkyl halides is 1. The van der Waals surface area contributed by atoms with Crippen LogP contribution in [0, 0.1) is 13.0 Å². The van der Waals surface area contributed by atoms with Crippen molar-refractivity contribution in [2.24, 2.45) is 0 Å². The molecule has 0 spiro atoms. The molecule has 5 nitrogen and oxygen atoms in total. The number of hydrogen-bond donors (Lipinski definition) is 0. The quantitative estimate of drug-likeness (QED) is 0.478. The summed E-state index contributed by atoms with van der Waals surface area (Å²) >= 11 is 0. The van der Waals surface area contributed by atoms with Crippen molar-refractivity contribution in [3.05, 3.63) is 77.5 Å². The molecule has 0 unspecified atom stereocenters. The SMILES string of the molecule is Cc1cc(-c2nc(-c3ccc(C4(F)CCC4)cc3)no2)nn1Cc1c[c]ccc1. The summed E-state index contributed by atoms with van der Waals surface area (Å²) < 4.78 is 21.9. The molecule has 0 atom stereocenters. The van der Waals surface area contributed by atoms with E-state index in [2.05, 4.69) is 21.3 Å². The standard InChI is InChI=1S/C23H20FN4O/c1-16-14-20(26-28(16)15-17-6-3-2-4-7-17)22-25-21(27-29-22)18-8-10-19(11-9-18)23(24)12-5-13-23/h2-3,6-11,14H,5,12-13,15H2,1H3. The maximum atomic E-state index is 14.5. The van der Waals surface area contributed by atoms with E-state index in [1.807, 2.05) is 66.2 Å². The van der Waals surface area contributed by atoms with E-state index in [0.717, 1.165) is 28.8 Å². The van der Waals surface area contributed by atoms with Gasteiger partial charge >= 0.3 is 0 Å². The number of halogens is 1. The Morgan fingerprint density at radius 2 is 2.03 bits per heavy atom. The minimum absolute atomic E-state index is 0.367. The van der Waals surface area contributed by atoms with E-state index in [-0.39, 0.29) is 0 Å². The van der Waals surface area contributed by atoms with E-state index < -0.39 is 5.67 Å². The number of nitrogens with zero attached hydrogens (tertiary/aromatic N) is 4. The van der Waals surface area contributed by atoms with Crippen molar-refractivity contribution in [2.45, 2.75) is 38.4 Å². The van der Waals surface area contributed by atoms with Crippen LogP contribution in [0.1, 0.15) is 36.1 Å². The topological polar surface area (TPSA) is 56.7 Å². The second kappa shape index (κ2) is 6.95. The van der Waals surface area contributed by atoms with Gasteiger partial charge in [0.2, 0.25) is 5.82 Å². The molecular weight excluding hydrogens is 367 g/mol. The van der Waals surface area contributed by atoms with E-state index in [0.29, 0.717) is 36.8 Å². The number of aromatic nitrogens is 4. The average Bonchev–Trinajstić information content (AvgIpc) is 3.35. The van der Waals surface area contributed by atoms with Gasteiger partial charge in [-0.3, -0.25) is 4.68 Å². The number of benzene rings is 2. The van der Waals surface area contributed by atoms with E-state index in [1.165, 1.54) is 0 Å². The highest BCUT2D eigenvalue weighted by Gasteiger charge is 2.38. The van der Waals surface area contributed by atoms with Crippen LogP contribution in [-0.4, -0.2) is 19.9 Å². The molecule has 0 bridgehead atoms. The Hall–Kier alpha value is -3.28. The summed E-state index contributed by atoms with van der Waals surface area (Å²) in [5.41, 5.74) is 3.11. The van der Waals surface area contributed by atoms with Crippen LogP contribution < -0.4 is 0 Å². The molecule has 5 rings (SSSR count). The van der Waals surface area contributed by atoms with Crippen molar-refractivity contribution in [1.82, 2.24) is 19.9 Å². The fraction of sp³-hybridized carbons (Fsp3) is 0.261. The van der Waals surface area contributed by atoms with Crippen LogP contribution in [0.5, 0.6) is 0 Å². The maximum absolute atomic E-state index is 14.5. The van der Waals surface area contributed by atoms with Gasteiger partial charge in [-0.05, 0) is 55.5 Å². The molecule has 145 valence electrons. The second-order valence-corrected chi connectivity index (χ2v) is 7.56. The minimum atomic E-state index is -1.16. The van der Waals surface area contributed by atoms with E-state index in [4.69, 9.17) is 4.52 Å². The lowest BCUT2D eigenvalue weighted by molar-refractivity contribution is 0.0609. The summed E-state index contributed by atoms with van der Waals surface area (Å²) in [4.78, 5) is 4.48. The lowest BCUT2D eigenvalue weighted by Crippen LogP contribution is -2.28. The molecule has 0 saturated heterocycles. The van der Waals surface area contributed by atoms with Gasteiger partial charge in [0.1, 0.15) is 5.67 Å². The smallest absolute Gasteiger partial charge is 0.278 e. The molecular formula is C23H20FN4O. The summed E-state index contributed by atoms with van der Waals surface area (Å²) in [5, 5.41) is 8.68. The molecule has 1 radical (unpaired) electrons. The molecule has 1 aliphatic carbocycles. The highest BCUT2D eigenvalue weighted by molar-refractivity contribution is 5.58. The first kappa shape index (κ1) is 17.8. The molecule has 2 aromatic heterocycles. The highest BCUT2D eigenvalue weighted by atomic mass is 19.1. The molecule has 0 amide bonds. The molecule has 0 aliphatic heterocycles. The van der Waals surface area contributed by atoms with Crippen LogP contribution in [0.25, 0.3) is 23.0 Å². The number of aryl methyl sites for hydroxylation is 1. The van der Waals surface area contributed by atoms with Crippen molar-refractivity contribution in [3.8, 4) is 23.0 Å². The predicted molar refractivity (Wildman–Crippen MR) is 107 cm³/mol. The van der Waals surface area contributed by atoms with Crippen molar-refractivity contribution >= 4 is 0 Å². The van der Waals surface area contributed by atoms with Gasteiger partial charge in [-0.25, -0.2) is 4.39 Å². The Morgan fingerprint density at radius 3 is 2.72 bits per heavy atom. The van der Waals surface area contributed by atoms with Crippen molar-refractivity contribution in [2.75, 3.05) is 0 Å². The first-order valence-corrected chi connectivity index (χ1v) is 9.74. The number of rotatable bonds is 5. The molecule has 29 heavy (non-hydrogen) atoms. The zero-order valence-corrected chi connectivity index (χ0v) is 16.1. The lowest BCUT2D eigenvalue weighted by atomic mass is 9.77. The first-order valence-electron chi connectivity index (χ1n) is 9.74. The molecule has 2 heterocycles. The maximum Gasteiger partial charge on any atom is 0.278 e. The van der Waals surface area contributed by atoms with Crippen LogP contribution in [0.2, 0.25) is 0 Å². The Labute approximate surface area is 168 Å². The van der Waals surface area contributed by atoms with Gasteiger partial charge in [0.05, 0.1) is 6.54 Å². The van der Waals surface area contributed by atoms with Crippen LogP contribution >= 0.6 is 0 Å². The highest BCUT2D eigenvalue weighted by Crippen LogP contribution is 2.45. The summed E-state index contributed by atoms with van der Waals surface area (Å²) in [6.07, 6.45) is 2.14. The van der Waals surface area contributed by atoms with Gasteiger partial charge in [-0.1, -0.05) is 47.6 Å². The first-order chi connectivity index (χ1) is 14.1. The van der Waals surface area contributed by atoms with Crippen LogP contribution in [0.4, 0.5) is 4.39 Å². The van der Waals surface area contributed by atoms with Crippen molar-refractivity contribution in [3.63, 3.8) is 0 Å². The molecule has 1 saturated carbocycles. The Kier molecular flexibility index (Phi) is 4.27. The monoisotopic (exact) mass is 387 g/mol. The van der Waals surface area contributed by atoms with Crippen molar-refractivity contribution in [1.29, 1.82) is 0 Å². The normalized spacial score (nSPS) is 15.2. The second-order valence-electron chi connectivity index (χ2n) is 7.56. The van der Waals surface area contributed by atoms with Gasteiger partial charge < -0.3 is 4.52 Å². The van der Waals surface area contributed by atoms with Gasteiger partial charge in [0.15, 0.2) is 5.69 Å². The van der Waals surface area contributed by atoms with E-state index >= 15 is 0 Å². The van der Waals surface area contributed by atoms with E-state index in [1.54, 1.807) is 0 Å². The molecule has 1 fully saturated rings. The fourth-order valence-corrected chi connectivity index (χ4v) is 3.62. The van der Waals surface area contributed by atoms with E-state index in [9.17, 15) is 4.39 Å². The Morgan fingerprint density at radius 1 is 1.21 bits per heavy atom. The fourth-order valence-electron chi connectivity index (χ4n) is 3.62. The molecule has 1 aliphatic rings. The van der Waals surface area contributed by atoms with Crippen LogP contribution in [0.15, 0.2) is 59.1 Å². The summed E-state index contributed by atoms with van der Waals surface area (Å²) in [6, 6.07) is 20.1. The Balaban J connectivity index is 1.37. The lowest BCUT2D eigenvalue weighted by Gasteiger charge is -2.34. The van der Waals surface area contributed by atoms with Crippen LogP contribution in [0.3, 0.4) is 0 Å². The zero-order chi connectivity index (χ0) is 19.8. The van der Waals surface area contributed by atoms with Gasteiger partial charge in [0.25, 0.3) is 5.89 Å². The minimum Gasteiger partial charge on any atom is -0.332 e. The predicted octanol–water partition coefficient (Wildman–Crippen LogP) is 5.11.